The summed E-state index contributed by atoms with van der Waals surface area (Å²) in [4.78, 5) is 19.0. The van der Waals surface area contributed by atoms with E-state index < -0.39 is 11.8 Å². The zero-order valence-corrected chi connectivity index (χ0v) is 10.7. The van der Waals surface area contributed by atoms with E-state index in [0.29, 0.717) is 27.8 Å². The fourth-order valence-electron chi connectivity index (χ4n) is 2.14. The highest BCUT2D eigenvalue weighted by atomic mass is 19.1. The van der Waals surface area contributed by atoms with Gasteiger partial charge in [-0.25, -0.2) is 19.2 Å². The van der Waals surface area contributed by atoms with Crippen LogP contribution in [-0.4, -0.2) is 21.0 Å². The van der Waals surface area contributed by atoms with Gasteiger partial charge < -0.3 is 10.8 Å². The van der Waals surface area contributed by atoms with E-state index in [1.165, 1.54) is 18.5 Å². The number of carboxylic acid groups (broad SMARTS) is 1. The summed E-state index contributed by atoms with van der Waals surface area (Å²) in [6.07, 6.45) is 1.36. The van der Waals surface area contributed by atoms with E-state index in [2.05, 4.69) is 9.97 Å². The number of hydrogen-bond donors (Lipinski definition) is 2. The van der Waals surface area contributed by atoms with Gasteiger partial charge >= 0.3 is 5.97 Å². The molecule has 5 nitrogen and oxygen atoms in total. The standard InChI is InChI=1S/C15H10FN3O2/c16-11-4-9(3-10(5-11)15(20)21)8-1-2-13-12(6-8)14(17)19-7-18-13/h1-7H,(H,20,21)(H2,17,18,19). The van der Waals surface area contributed by atoms with E-state index in [1.807, 2.05) is 0 Å². The minimum absolute atomic E-state index is 0.109. The summed E-state index contributed by atoms with van der Waals surface area (Å²) in [5, 5.41) is 9.63. The molecular weight excluding hydrogens is 273 g/mol. The zero-order valence-electron chi connectivity index (χ0n) is 10.7. The van der Waals surface area contributed by atoms with Gasteiger partial charge in [0.2, 0.25) is 0 Å². The topological polar surface area (TPSA) is 89.1 Å². The second-order valence-electron chi connectivity index (χ2n) is 4.52. The Morgan fingerprint density at radius 3 is 2.67 bits per heavy atom. The molecule has 0 aliphatic heterocycles. The number of carbonyl (C=O) groups is 1. The predicted molar refractivity (Wildman–Crippen MR) is 76.3 cm³/mol. The van der Waals surface area contributed by atoms with Crippen LogP contribution in [-0.2, 0) is 0 Å². The van der Waals surface area contributed by atoms with Crippen LogP contribution in [0.4, 0.5) is 10.2 Å². The highest BCUT2D eigenvalue weighted by Gasteiger charge is 2.10. The van der Waals surface area contributed by atoms with Crippen molar-refractivity contribution >= 4 is 22.7 Å². The van der Waals surface area contributed by atoms with Gasteiger partial charge in [-0.1, -0.05) is 6.07 Å². The summed E-state index contributed by atoms with van der Waals surface area (Å²) >= 11 is 0. The molecule has 104 valence electrons. The number of carboxylic acids is 1. The number of nitrogens with zero attached hydrogens (tertiary/aromatic N) is 2. The molecular formula is C15H10FN3O2. The molecule has 2 aromatic carbocycles. The first kappa shape index (κ1) is 13.0. The maximum absolute atomic E-state index is 13.6. The van der Waals surface area contributed by atoms with E-state index in [9.17, 15) is 9.18 Å². The molecule has 1 aromatic heterocycles. The van der Waals surface area contributed by atoms with Gasteiger partial charge in [-0.2, -0.15) is 0 Å². The van der Waals surface area contributed by atoms with Crippen LogP contribution in [0.2, 0.25) is 0 Å². The number of hydrogen-bond acceptors (Lipinski definition) is 4. The van der Waals surface area contributed by atoms with Gasteiger partial charge in [0.05, 0.1) is 11.1 Å². The lowest BCUT2D eigenvalue weighted by atomic mass is 10.0. The number of rotatable bonds is 2. The molecule has 3 N–H and O–H groups in total. The third-order valence-electron chi connectivity index (χ3n) is 3.14. The summed E-state index contributed by atoms with van der Waals surface area (Å²) in [7, 11) is 0. The van der Waals surface area contributed by atoms with E-state index in [4.69, 9.17) is 10.8 Å². The summed E-state index contributed by atoms with van der Waals surface area (Å²) < 4.78 is 13.6. The van der Waals surface area contributed by atoms with Crippen LogP contribution in [0.1, 0.15) is 10.4 Å². The van der Waals surface area contributed by atoms with Gasteiger partial charge in [0.15, 0.2) is 0 Å². The Hall–Kier alpha value is -3.02. The van der Waals surface area contributed by atoms with Crippen LogP contribution in [0, 0.1) is 5.82 Å². The van der Waals surface area contributed by atoms with Crippen molar-refractivity contribution in [3.63, 3.8) is 0 Å². The molecule has 3 aromatic rings. The molecule has 0 radical (unpaired) electrons. The molecule has 0 fully saturated rings. The average molecular weight is 283 g/mol. The Labute approximate surface area is 118 Å². The molecule has 0 unspecified atom stereocenters. The van der Waals surface area contributed by atoms with Crippen LogP contribution >= 0.6 is 0 Å². The Kier molecular flexibility index (Phi) is 2.98. The molecule has 0 saturated carbocycles. The number of aromatic nitrogens is 2. The third kappa shape index (κ3) is 2.38. The van der Waals surface area contributed by atoms with Crippen molar-refractivity contribution < 1.29 is 14.3 Å². The predicted octanol–water partition coefficient (Wildman–Crippen LogP) is 2.72. The van der Waals surface area contributed by atoms with Crippen molar-refractivity contribution in [1.29, 1.82) is 0 Å². The molecule has 0 aliphatic rings. The van der Waals surface area contributed by atoms with Crippen molar-refractivity contribution in [3.8, 4) is 11.1 Å². The first-order chi connectivity index (χ1) is 10.0. The van der Waals surface area contributed by atoms with Gasteiger partial charge in [-0.3, -0.25) is 0 Å². The van der Waals surface area contributed by atoms with Crippen LogP contribution in [0.3, 0.4) is 0 Å². The molecule has 21 heavy (non-hydrogen) atoms. The summed E-state index contributed by atoms with van der Waals surface area (Å²) in [5.74, 6) is -1.47. The third-order valence-corrected chi connectivity index (χ3v) is 3.14. The quantitative estimate of drug-likeness (QED) is 0.754. The number of nitrogen functional groups attached to an aromatic ring is 1. The van der Waals surface area contributed by atoms with E-state index >= 15 is 0 Å². The van der Waals surface area contributed by atoms with Crippen molar-refractivity contribution in [2.75, 3.05) is 5.73 Å². The minimum Gasteiger partial charge on any atom is -0.478 e. The molecule has 3 rings (SSSR count). The maximum Gasteiger partial charge on any atom is 0.335 e. The number of fused-ring (bicyclic) bond motifs is 1. The van der Waals surface area contributed by atoms with Gasteiger partial charge in [0, 0.05) is 5.39 Å². The number of nitrogens with two attached hydrogens (primary N) is 1. The highest BCUT2D eigenvalue weighted by Crippen LogP contribution is 2.27. The van der Waals surface area contributed by atoms with Crippen molar-refractivity contribution in [1.82, 2.24) is 9.97 Å². The highest BCUT2D eigenvalue weighted by molar-refractivity contribution is 5.93. The smallest absolute Gasteiger partial charge is 0.335 e. The fourth-order valence-corrected chi connectivity index (χ4v) is 2.14. The average Bonchev–Trinajstić information content (AvgIpc) is 2.46. The number of aromatic carboxylic acids is 1. The molecule has 0 spiro atoms. The fraction of sp³-hybridized carbons (Fsp3) is 0. The van der Waals surface area contributed by atoms with Crippen LogP contribution in [0.25, 0.3) is 22.0 Å². The van der Waals surface area contributed by atoms with Crippen molar-refractivity contribution in [2.24, 2.45) is 0 Å². The SMILES string of the molecule is Nc1ncnc2ccc(-c3cc(F)cc(C(=O)O)c3)cc12. The second-order valence-corrected chi connectivity index (χ2v) is 4.52. The Bertz CT molecular complexity index is 865. The summed E-state index contributed by atoms with van der Waals surface area (Å²) in [6, 6.07) is 8.83. The van der Waals surface area contributed by atoms with Crippen molar-refractivity contribution in [2.45, 2.75) is 0 Å². The maximum atomic E-state index is 13.6. The lowest BCUT2D eigenvalue weighted by Crippen LogP contribution is -1.98. The Morgan fingerprint density at radius 1 is 1.10 bits per heavy atom. The largest absolute Gasteiger partial charge is 0.478 e. The number of benzene rings is 2. The Morgan fingerprint density at radius 2 is 1.90 bits per heavy atom. The molecule has 0 aliphatic carbocycles. The van der Waals surface area contributed by atoms with Gasteiger partial charge in [-0.15, -0.1) is 0 Å². The number of anilines is 1. The molecule has 1 heterocycles. The van der Waals surface area contributed by atoms with Gasteiger partial charge in [0.1, 0.15) is 18.0 Å². The molecule has 6 heteroatoms. The van der Waals surface area contributed by atoms with Crippen LogP contribution in [0.5, 0.6) is 0 Å². The normalized spacial score (nSPS) is 10.7. The zero-order chi connectivity index (χ0) is 15.0. The molecule has 0 saturated heterocycles. The monoisotopic (exact) mass is 283 g/mol. The lowest BCUT2D eigenvalue weighted by Gasteiger charge is -2.06. The Balaban J connectivity index is 2.20. The first-order valence-electron chi connectivity index (χ1n) is 6.09. The van der Waals surface area contributed by atoms with E-state index in [0.717, 1.165) is 6.07 Å². The lowest BCUT2D eigenvalue weighted by molar-refractivity contribution is 0.0696. The minimum atomic E-state index is -1.18. The summed E-state index contributed by atoms with van der Waals surface area (Å²) in [5.41, 5.74) is 7.45. The van der Waals surface area contributed by atoms with E-state index in [1.54, 1.807) is 18.2 Å². The van der Waals surface area contributed by atoms with Gasteiger partial charge in [-0.05, 0) is 41.5 Å². The van der Waals surface area contributed by atoms with Crippen molar-refractivity contribution in [3.05, 3.63) is 54.1 Å². The second kappa shape index (κ2) is 4.82. The van der Waals surface area contributed by atoms with Crippen LogP contribution < -0.4 is 5.73 Å². The van der Waals surface area contributed by atoms with Gasteiger partial charge in [0.25, 0.3) is 0 Å². The van der Waals surface area contributed by atoms with E-state index in [-0.39, 0.29) is 5.56 Å². The van der Waals surface area contributed by atoms with Crippen LogP contribution in [0.15, 0.2) is 42.7 Å². The molecule has 0 atom stereocenters. The summed E-state index contributed by atoms with van der Waals surface area (Å²) in [6.45, 7) is 0. The number of halogens is 1. The molecule has 0 amide bonds. The first-order valence-corrected chi connectivity index (χ1v) is 6.09. The molecule has 0 bridgehead atoms.